The molecule has 0 spiro atoms. The minimum atomic E-state index is -3.95. The molecule has 16 heteroatoms. The van der Waals surface area contributed by atoms with E-state index in [1.807, 2.05) is 30.3 Å². The van der Waals surface area contributed by atoms with Crippen LogP contribution in [0.4, 0.5) is 4.79 Å². The molecule has 6 rings (SSSR count). The number of rotatable bonds is 16. The second-order valence-electron chi connectivity index (χ2n) is 16.8. The Labute approximate surface area is 350 Å². The number of fused-ring (bicyclic) bond motifs is 1. The number of aromatic nitrogens is 1. The molecule has 0 bridgehead atoms. The van der Waals surface area contributed by atoms with Crippen LogP contribution < -0.4 is 24.8 Å². The van der Waals surface area contributed by atoms with Crippen LogP contribution in [0.2, 0.25) is 0 Å². The van der Waals surface area contributed by atoms with Crippen LogP contribution in [-0.2, 0) is 33.9 Å². The van der Waals surface area contributed by atoms with Crippen molar-refractivity contribution in [2.24, 2.45) is 5.92 Å². The van der Waals surface area contributed by atoms with E-state index in [1.54, 1.807) is 66.0 Å². The SMILES string of the molecule is C=C[C@@H]1C[C@]1(NC(=O)C1C[C@@H](Oc2cc(-c3ccccc3)nc3cc(OC)ccc23)CN1C(=O)[C@H](CCC(=O)C=C(C)C)NC(=O)OC(C)(C)C)C(=O)NS(=O)(=O)C1CC1. The third-order valence-electron chi connectivity index (χ3n) is 10.6. The minimum absolute atomic E-state index is 0.0507. The lowest BCUT2D eigenvalue weighted by Gasteiger charge is -2.30. The quantitative estimate of drug-likeness (QED) is 0.128. The van der Waals surface area contributed by atoms with Gasteiger partial charge in [0.15, 0.2) is 5.78 Å². The van der Waals surface area contributed by atoms with Gasteiger partial charge in [0.25, 0.3) is 5.91 Å². The first-order chi connectivity index (χ1) is 28.3. The van der Waals surface area contributed by atoms with Gasteiger partial charge in [-0.05, 0) is 78.5 Å². The highest BCUT2D eigenvalue weighted by Gasteiger charge is 2.62. The van der Waals surface area contributed by atoms with Crippen LogP contribution in [0.25, 0.3) is 22.2 Å². The molecule has 3 fully saturated rings. The van der Waals surface area contributed by atoms with E-state index in [4.69, 9.17) is 19.2 Å². The first-order valence-electron chi connectivity index (χ1n) is 20.0. The number of carbonyl (C=O) groups is 5. The highest BCUT2D eigenvalue weighted by atomic mass is 32.2. The molecule has 2 aromatic carbocycles. The Bertz CT molecular complexity index is 2320. The van der Waals surface area contributed by atoms with Crippen LogP contribution in [0.1, 0.15) is 73.1 Å². The molecular weight excluding hydrogens is 791 g/mol. The predicted molar refractivity (Wildman–Crippen MR) is 224 cm³/mol. The van der Waals surface area contributed by atoms with Gasteiger partial charge in [-0.15, -0.1) is 6.58 Å². The molecule has 3 aliphatic rings. The fraction of sp³-hybridized carbons (Fsp3) is 0.455. The molecule has 320 valence electrons. The molecule has 1 aromatic heterocycles. The van der Waals surface area contributed by atoms with Crippen LogP contribution in [0, 0.1) is 5.92 Å². The number of benzene rings is 2. The van der Waals surface area contributed by atoms with E-state index >= 15 is 0 Å². The van der Waals surface area contributed by atoms with Crippen molar-refractivity contribution in [3.05, 3.63) is 78.9 Å². The predicted octanol–water partition coefficient (Wildman–Crippen LogP) is 5.14. The van der Waals surface area contributed by atoms with Crippen molar-refractivity contribution < 1.29 is 46.6 Å². The average Bonchev–Trinajstić information content (AvgIpc) is 4.12. The van der Waals surface area contributed by atoms with Crippen molar-refractivity contribution in [2.45, 2.75) is 108 Å². The second-order valence-corrected chi connectivity index (χ2v) is 18.8. The zero-order valence-electron chi connectivity index (χ0n) is 34.8. The largest absolute Gasteiger partial charge is 0.497 e. The molecule has 1 saturated heterocycles. The molecule has 4 amide bonds. The fourth-order valence-corrected chi connectivity index (χ4v) is 8.68. The number of carbonyl (C=O) groups excluding carboxylic acids is 5. The summed E-state index contributed by atoms with van der Waals surface area (Å²) in [6, 6.07) is 14.1. The standard InChI is InChI=1S/C44H53N5O10S/c1-8-28-24-44(28,41(53)48-60(55,56)32-16-17-32)47-39(51)37-22-31(25-49(37)40(52)34(19-14-29(50)20-26(2)3)46-42(54)59-43(4,5)6)58-38-23-35(27-12-10-9-11-13-27)45-36-21-30(57-7)15-18-33(36)38/h8-13,15,18,20-21,23,28,31-32,34,37H,1,14,16-17,19,22,24-25H2,2-7H3,(H,46,54)(H,47,51)(H,48,53)/t28-,31-,34+,37?,44-/m1/s1. The molecule has 0 radical (unpaired) electrons. The van der Waals surface area contributed by atoms with Crippen LogP contribution in [-0.4, -0.2) is 96.1 Å². The Morgan fingerprint density at radius 2 is 1.77 bits per heavy atom. The van der Waals surface area contributed by atoms with E-state index in [1.165, 1.54) is 17.1 Å². The van der Waals surface area contributed by atoms with Gasteiger partial charge in [0, 0.05) is 41.8 Å². The van der Waals surface area contributed by atoms with Crippen LogP contribution >= 0.6 is 0 Å². The molecule has 1 aliphatic heterocycles. The van der Waals surface area contributed by atoms with Crippen molar-refractivity contribution in [3.8, 4) is 22.8 Å². The van der Waals surface area contributed by atoms with Gasteiger partial charge in [0.05, 0.1) is 30.1 Å². The van der Waals surface area contributed by atoms with Crippen molar-refractivity contribution in [3.63, 3.8) is 0 Å². The average molecular weight is 844 g/mol. The normalized spacial score (nSPS) is 21.6. The summed E-state index contributed by atoms with van der Waals surface area (Å²) < 4.78 is 45.4. The first kappa shape index (κ1) is 43.8. The smallest absolute Gasteiger partial charge is 0.408 e. The number of pyridine rings is 1. The lowest BCUT2D eigenvalue weighted by atomic mass is 10.1. The zero-order chi connectivity index (χ0) is 43.6. The first-order valence-corrected chi connectivity index (χ1v) is 21.6. The van der Waals surface area contributed by atoms with Gasteiger partial charge < -0.3 is 29.7 Å². The molecule has 3 N–H and O–H groups in total. The number of methoxy groups -OCH3 is 1. The van der Waals surface area contributed by atoms with Crippen molar-refractivity contribution >= 4 is 50.5 Å². The maximum absolute atomic E-state index is 14.7. The van der Waals surface area contributed by atoms with Crippen molar-refractivity contribution in [1.29, 1.82) is 0 Å². The number of amides is 4. The number of likely N-dealkylation sites (tertiary alicyclic amines) is 1. The molecule has 5 atom stereocenters. The number of nitrogens with one attached hydrogen (secondary N) is 3. The van der Waals surface area contributed by atoms with Crippen LogP contribution in [0.3, 0.4) is 0 Å². The van der Waals surface area contributed by atoms with Gasteiger partial charge in [-0.1, -0.05) is 42.0 Å². The van der Waals surface area contributed by atoms with Gasteiger partial charge in [-0.25, -0.2) is 18.2 Å². The van der Waals surface area contributed by atoms with Crippen molar-refractivity contribution in [1.82, 2.24) is 25.2 Å². The van der Waals surface area contributed by atoms with E-state index < -0.39 is 74.3 Å². The lowest BCUT2D eigenvalue weighted by Crippen LogP contribution is -2.58. The number of allylic oxidation sites excluding steroid dienone is 2. The summed E-state index contributed by atoms with van der Waals surface area (Å²) in [6.45, 7) is 12.2. The number of hydrogen-bond donors (Lipinski definition) is 3. The molecule has 60 heavy (non-hydrogen) atoms. The Hall–Kier alpha value is -5.77. The monoisotopic (exact) mass is 843 g/mol. The molecule has 1 unspecified atom stereocenters. The molecule has 2 saturated carbocycles. The van der Waals surface area contributed by atoms with E-state index in [-0.39, 0.29) is 38.0 Å². The number of ketones is 1. The number of nitrogens with zero attached hydrogens (tertiary/aromatic N) is 2. The minimum Gasteiger partial charge on any atom is -0.497 e. The summed E-state index contributed by atoms with van der Waals surface area (Å²) in [6.07, 6.45) is 1.92. The summed E-state index contributed by atoms with van der Waals surface area (Å²) in [7, 11) is -2.40. The fourth-order valence-electron chi connectivity index (χ4n) is 7.32. The molecule has 2 heterocycles. The van der Waals surface area contributed by atoms with E-state index in [2.05, 4.69) is 21.9 Å². The zero-order valence-corrected chi connectivity index (χ0v) is 35.6. The Morgan fingerprint density at radius 3 is 2.38 bits per heavy atom. The molecule has 3 aromatic rings. The summed E-state index contributed by atoms with van der Waals surface area (Å²) in [4.78, 5) is 75.0. The van der Waals surface area contributed by atoms with Gasteiger partial charge >= 0.3 is 6.09 Å². The molecular formula is C44H53N5O10S. The topological polar surface area (TPSA) is 199 Å². The molecule has 15 nitrogen and oxygen atoms in total. The van der Waals surface area contributed by atoms with Gasteiger partial charge in [0.2, 0.25) is 21.8 Å². The van der Waals surface area contributed by atoms with Gasteiger partial charge in [-0.3, -0.25) is 23.9 Å². The van der Waals surface area contributed by atoms with Gasteiger partial charge in [-0.2, -0.15) is 0 Å². The third-order valence-corrected chi connectivity index (χ3v) is 12.4. The van der Waals surface area contributed by atoms with Crippen LogP contribution in [0.15, 0.2) is 78.9 Å². The summed E-state index contributed by atoms with van der Waals surface area (Å²) in [5.41, 5.74) is 0.232. The maximum Gasteiger partial charge on any atom is 0.408 e. The Kier molecular flexibility index (Phi) is 12.7. The number of alkyl carbamates (subject to hydrolysis) is 1. The van der Waals surface area contributed by atoms with E-state index in [0.29, 0.717) is 40.9 Å². The molecule has 2 aliphatic carbocycles. The summed E-state index contributed by atoms with van der Waals surface area (Å²) in [5.74, 6) is -2.14. The van der Waals surface area contributed by atoms with E-state index in [9.17, 15) is 32.4 Å². The summed E-state index contributed by atoms with van der Waals surface area (Å²) in [5, 5.41) is 5.36. The highest BCUT2D eigenvalue weighted by Crippen LogP contribution is 2.45. The van der Waals surface area contributed by atoms with E-state index in [0.717, 1.165) is 11.1 Å². The van der Waals surface area contributed by atoms with Crippen LogP contribution in [0.5, 0.6) is 11.5 Å². The maximum atomic E-state index is 14.7. The van der Waals surface area contributed by atoms with Gasteiger partial charge in [0.1, 0.15) is 40.8 Å². The lowest BCUT2D eigenvalue weighted by molar-refractivity contribution is -0.141. The summed E-state index contributed by atoms with van der Waals surface area (Å²) >= 11 is 0. The van der Waals surface area contributed by atoms with Crippen molar-refractivity contribution in [2.75, 3.05) is 13.7 Å². The highest BCUT2D eigenvalue weighted by molar-refractivity contribution is 7.91. The number of hydrogen-bond acceptors (Lipinski definition) is 11. The number of sulfonamides is 1. The Balaban J connectivity index is 1.35. The third kappa shape index (κ3) is 10.3. The Morgan fingerprint density at radius 1 is 1.05 bits per heavy atom. The number of ether oxygens (including phenoxy) is 3. The second kappa shape index (κ2) is 17.4.